The third kappa shape index (κ3) is 22.1. The van der Waals surface area contributed by atoms with E-state index in [2.05, 4.69) is 27.7 Å². The standard InChI is InChI=1S/C16H36O2P2.2CH2O/c1-5-11-19(12-6-2)15-16-20(13-9-17-7-3)14-10-18-8-4;2*1-2/h5-16H2,1-4H3;2*1H2. The second-order valence-corrected chi connectivity index (χ2v) is 10.4. The lowest BCUT2D eigenvalue weighted by molar-refractivity contribution is -0.0987. The highest BCUT2D eigenvalue weighted by Gasteiger charge is 2.12. The predicted molar refractivity (Wildman–Crippen MR) is 111 cm³/mol. The number of hydrogen-bond acceptors (Lipinski definition) is 4. The predicted octanol–water partition coefficient (Wildman–Crippen LogP) is 4.47. The lowest BCUT2D eigenvalue weighted by atomic mass is 10.6. The highest BCUT2D eigenvalue weighted by atomic mass is 31.1. The van der Waals surface area contributed by atoms with Crippen LogP contribution in [0.1, 0.15) is 40.5 Å². The summed E-state index contributed by atoms with van der Waals surface area (Å²) >= 11 is 0. The quantitative estimate of drug-likeness (QED) is 0.310. The van der Waals surface area contributed by atoms with Crippen molar-refractivity contribution < 1.29 is 19.1 Å². The molecule has 4 nitrogen and oxygen atoms in total. The fourth-order valence-electron chi connectivity index (χ4n) is 2.26. The van der Waals surface area contributed by atoms with E-state index in [0.717, 1.165) is 26.4 Å². The van der Waals surface area contributed by atoms with Gasteiger partial charge in [0.15, 0.2) is 0 Å². The summed E-state index contributed by atoms with van der Waals surface area (Å²) in [5, 5.41) is 0. The summed E-state index contributed by atoms with van der Waals surface area (Å²) in [7, 11) is 0.432. The molecule has 0 bridgehead atoms. The van der Waals surface area contributed by atoms with Crippen molar-refractivity contribution in [1.29, 1.82) is 0 Å². The monoisotopic (exact) mass is 382 g/mol. The Balaban J connectivity index is -0.00000102. The normalized spacial score (nSPS) is 10.1. The van der Waals surface area contributed by atoms with E-state index in [1.807, 2.05) is 13.6 Å². The number of hydrogen-bond donors (Lipinski definition) is 0. The lowest BCUT2D eigenvalue weighted by Crippen LogP contribution is -2.09. The van der Waals surface area contributed by atoms with Gasteiger partial charge in [0.1, 0.15) is 13.6 Å². The summed E-state index contributed by atoms with van der Waals surface area (Å²) < 4.78 is 11.1. The van der Waals surface area contributed by atoms with Gasteiger partial charge in [-0.3, -0.25) is 0 Å². The molecule has 0 saturated carbocycles. The molecule has 0 aromatic heterocycles. The number of carbonyl (C=O) groups is 2. The first-order valence-corrected chi connectivity index (χ1v) is 12.8. The Morgan fingerprint density at radius 3 is 1.21 bits per heavy atom. The number of carbonyl (C=O) groups excluding carboxylic acids is 2. The third-order valence-electron chi connectivity index (χ3n) is 3.32. The van der Waals surface area contributed by atoms with Crippen LogP contribution in [0.25, 0.3) is 0 Å². The van der Waals surface area contributed by atoms with Gasteiger partial charge < -0.3 is 19.1 Å². The minimum atomic E-state index is 0.128. The topological polar surface area (TPSA) is 52.6 Å². The average molecular weight is 382 g/mol. The van der Waals surface area contributed by atoms with E-state index in [-0.39, 0.29) is 7.92 Å². The minimum absolute atomic E-state index is 0.128. The highest BCUT2D eigenvalue weighted by Crippen LogP contribution is 2.43. The SMILES string of the molecule is C=O.C=O.CCCP(CCC)CCP(CCOCC)CCOCC. The van der Waals surface area contributed by atoms with Crippen LogP contribution in [-0.2, 0) is 19.1 Å². The molecule has 0 aromatic carbocycles. The van der Waals surface area contributed by atoms with Crippen LogP contribution in [0.4, 0.5) is 0 Å². The molecule has 146 valence electrons. The average Bonchev–Trinajstić information content (AvgIpc) is 2.63. The Bertz CT molecular complexity index is 203. The molecule has 0 spiro atoms. The van der Waals surface area contributed by atoms with Gasteiger partial charge in [-0.1, -0.05) is 26.7 Å². The molecular formula is C18H40O4P2. The van der Waals surface area contributed by atoms with Gasteiger partial charge in [-0.2, -0.15) is 0 Å². The van der Waals surface area contributed by atoms with Crippen molar-refractivity contribution in [3.8, 4) is 0 Å². The fourth-order valence-corrected chi connectivity index (χ4v) is 7.91. The second kappa shape index (κ2) is 27.9. The molecular weight excluding hydrogens is 342 g/mol. The Hall–Kier alpha value is 0.120. The summed E-state index contributed by atoms with van der Waals surface area (Å²) in [5.74, 6) is 0. The molecule has 0 fully saturated rings. The first kappa shape index (κ1) is 28.9. The van der Waals surface area contributed by atoms with E-state index in [0.29, 0.717) is 7.92 Å². The van der Waals surface area contributed by atoms with Crippen molar-refractivity contribution in [3.63, 3.8) is 0 Å². The van der Waals surface area contributed by atoms with Crippen molar-refractivity contribution in [2.75, 3.05) is 63.4 Å². The molecule has 24 heavy (non-hydrogen) atoms. The van der Waals surface area contributed by atoms with E-state index in [1.165, 1.54) is 49.8 Å². The van der Waals surface area contributed by atoms with E-state index >= 15 is 0 Å². The van der Waals surface area contributed by atoms with Gasteiger partial charge in [0.05, 0.1) is 13.2 Å². The highest BCUT2D eigenvalue weighted by molar-refractivity contribution is 7.61. The molecule has 0 saturated heterocycles. The number of rotatable bonds is 15. The molecule has 6 heteroatoms. The van der Waals surface area contributed by atoms with Gasteiger partial charge in [-0.15, -0.1) is 15.8 Å². The third-order valence-corrected chi connectivity index (χ3v) is 9.18. The van der Waals surface area contributed by atoms with Gasteiger partial charge in [0.25, 0.3) is 0 Å². The molecule has 0 radical (unpaired) electrons. The largest absolute Gasteiger partial charge is 0.381 e. The van der Waals surface area contributed by atoms with E-state index in [9.17, 15) is 0 Å². The van der Waals surface area contributed by atoms with Crippen molar-refractivity contribution in [3.05, 3.63) is 0 Å². The van der Waals surface area contributed by atoms with Crippen LogP contribution in [-0.4, -0.2) is 77.0 Å². The molecule has 0 N–H and O–H groups in total. The lowest BCUT2D eigenvalue weighted by Gasteiger charge is -2.22. The van der Waals surface area contributed by atoms with Crippen LogP contribution in [0.5, 0.6) is 0 Å². The molecule has 0 rings (SSSR count). The van der Waals surface area contributed by atoms with E-state index < -0.39 is 0 Å². The minimum Gasteiger partial charge on any atom is -0.381 e. The zero-order chi connectivity index (χ0) is 19.1. The Kier molecular flexibility index (Phi) is 33.7. The van der Waals surface area contributed by atoms with Crippen LogP contribution in [0, 0.1) is 0 Å². The summed E-state index contributed by atoms with van der Waals surface area (Å²) in [6.07, 6.45) is 11.2. The second-order valence-electron chi connectivity index (χ2n) is 5.08. The van der Waals surface area contributed by atoms with Crippen molar-refractivity contribution in [2.45, 2.75) is 40.5 Å². The fraction of sp³-hybridized carbons (Fsp3) is 0.889. The molecule has 0 unspecified atom stereocenters. The molecule has 0 aromatic rings. The molecule has 0 aliphatic rings. The Labute approximate surface area is 153 Å². The van der Waals surface area contributed by atoms with Gasteiger partial charge >= 0.3 is 0 Å². The maximum atomic E-state index is 8.00. The van der Waals surface area contributed by atoms with Crippen LogP contribution < -0.4 is 0 Å². The molecule has 0 heterocycles. The molecule has 0 aliphatic carbocycles. The van der Waals surface area contributed by atoms with Crippen LogP contribution in [0.15, 0.2) is 0 Å². The number of ether oxygens (including phenoxy) is 2. The van der Waals surface area contributed by atoms with Crippen molar-refractivity contribution >= 4 is 29.4 Å². The van der Waals surface area contributed by atoms with Crippen molar-refractivity contribution in [2.24, 2.45) is 0 Å². The zero-order valence-electron chi connectivity index (χ0n) is 16.4. The smallest absolute Gasteiger partial charge is 0.106 e. The van der Waals surface area contributed by atoms with E-state index in [1.54, 1.807) is 0 Å². The van der Waals surface area contributed by atoms with Gasteiger partial charge in [0.2, 0.25) is 0 Å². The summed E-state index contributed by atoms with van der Waals surface area (Å²) in [4.78, 5) is 16.0. The molecule has 0 aliphatic heterocycles. The zero-order valence-corrected chi connectivity index (χ0v) is 18.2. The van der Waals surface area contributed by atoms with Gasteiger partial charge in [0, 0.05) is 13.2 Å². The molecule has 0 amide bonds. The van der Waals surface area contributed by atoms with Gasteiger partial charge in [-0.05, 0) is 50.8 Å². The van der Waals surface area contributed by atoms with Crippen LogP contribution >= 0.6 is 15.8 Å². The summed E-state index contributed by atoms with van der Waals surface area (Å²) in [5.41, 5.74) is 0. The maximum Gasteiger partial charge on any atom is 0.106 e. The Morgan fingerprint density at radius 1 is 0.583 bits per heavy atom. The summed E-state index contributed by atoms with van der Waals surface area (Å²) in [6, 6.07) is 0. The maximum absolute atomic E-state index is 8.00. The Morgan fingerprint density at radius 2 is 0.917 bits per heavy atom. The van der Waals surface area contributed by atoms with Crippen LogP contribution in [0.2, 0.25) is 0 Å². The first-order valence-electron chi connectivity index (χ1n) is 8.96. The summed E-state index contributed by atoms with van der Waals surface area (Å²) in [6.45, 7) is 16.5. The van der Waals surface area contributed by atoms with Crippen LogP contribution in [0.3, 0.4) is 0 Å². The van der Waals surface area contributed by atoms with E-state index in [4.69, 9.17) is 19.1 Å². The van der Waals surface area contributed by atoms with Crippen molar-refractivity contribution in [1.82, 2.24) is 0 Å². The molecule has 0 atom stereocenters. The first-order chi connectivity index (χ1) is 11.8. The van der Waals surface area contributed by atoms with Gasteiger partial charge in [-0.25, -0.2) is 0 Å².